The highest BCUT2D eigenvalue weighted by Crippen LogP contribution is 2.28. The van der Waals surface area contributed by atoms with Crippen molar-refractivity contribution in [2.24, 2.45) is 17.8 Å². The number of carboxylic acids is 1. The third kappa shape index (κ3) is 4.80. The number of amides is 1. The average molecular weight is 415 g/mol. The highest BCUT2D eigenvalue weighted by Gasteiger charge is 2.29. The maximum atomic E-state index is 13.0. The first-order chi connectivity index (χ1) is 14.3. The van der Waals surface area contributed by atoms with Crippen LogP contribution >= 0.6 is 0 Å². The van der Waals surface area contributed by atoms with Crippen molar-refractivity contribution >= 4 is 22.8 Å². The molecule has 1 amide bonds. The van der Waals surface area contributed by atoms with Crippen LogP contribution in [0.15, 0.2) is 33.9 Å². The van der Waals surface area contributed by atoms with Gasteiger partial charge in [-0.2, -0.15) is 0 Å². The molecule has 8 nitrogen and oxygen atoms in total. The van der Waals surface area contributed by atoms with Crippen LogP contribution in [0.2, 0.25) is 0 Å². The number of hydrogen-bond acceptors (Lipinski definition) is 4. The first kappa shape index (κ1) is 21.8. The molecule has 1 aromatic heterocycles. The van der Waals surface area contributed by atoms with Gasteiger partial charge < -0.3 is 15.4 Å². The molecule has 0 bridgehead atoms. The Morgan fingerprint density at radius 1 is 1.17 bits per heavy atom. The standard InChI is InChI=1S/C22H29N3O5/c1-13(2)11-18(19(26)23-12-14-7-9-15(10-8-14)21(28)29)25-20(27)16-5-3-4-6-17(16)24-22(25)30/h3-6,13-15,18H,7-12H2,1-2H3,(H,23,26)(H,24,30)(H,28,29)/t14?,15?,18-/m0/s1. The molecule has 0 aliphatic heterocycles. The maximum absolute atomic E-state index is 13.0. The van der Waals surface area contributed by atoms with Crippen LogP contribution in [0.1, 0.15) is 52.0 Å². The number of carboxylic acid groups (broad SMARTS) is 1. The normalized spacial score (nSPS) is 20.2. The summed E-state index contributed by atoms with van der Waals surface area (Å²) in [6.45, 7) is 4.29. The molecule has 1 atom stereocenters. The number of aromatic nitrogens is 2. The molecule has 0 radical (unpaired) electrons. The Morgan fingerprint density at radius 3 is 2.47 bits per heavy atom. The first-order valence-electron chi connectivity index (χ1n) is 10.5. The van der Waals surface area contributed by atoms with Crippen LogP contribution in [0.25, 0.3) is 10.9 Å². The second kappa shape index (κ2) is 9.28. The molecule has 162 valence electrons. The molecule has 3 rings (SSSR count). The molecule has 3 N–H and O–H groups in total. The first-order valence-corrected chi connectivity index (χ1v) is 10.5. The number of H-pyrrole nitrogens is 1. The minimum atomic E-state index is -0.902. The second-order valence-electron chi connectivity index (χ2n) is 8.60. The Balaban J connectivity index is 1.79. The van der Waals surface area contributed by atoms with Crippen LogP contribution in [-0.4, -0.2) is 33.1 Å². The molecule has 2 aromatic rings. The fourth-order valence-corrected chi connectivity index (χ4v) is 4.21. The van der Waals surface area contributed by atoms with Crippen LogP contribution in [0.5, 0.6) is 0 Å². The zero-order chi connectivity index (χ0) is 21.8. The van der Waals surface area contributed by atoms with E-state index in [4.69, 9.17) is 5.11 Å². The average Bonchev–Trinajstić information content (AvgIpc) is 2.71. The van der Waals surface area contributed by atoms with E-state index in [-0.39, 0.29) is 23.7 Å². The fraction of sp³-hybridized carbons (Fsp3) is 0.545. The number of benzene rings is 1. The van der Waals surface area contributed by atoms with E-state index in [9.17, 15) is 19.2 Å². The van der Waals surface area contributed by atoms with Crippen molar-refractivity contribution < 1.29 is 14.7 Å². The molecule has 8 heteroatoms. The van der Waals surface area contributed by atoms with Gasteiger partial charge in [0.25, 0.3) is 5.56 Å². The van der Waals surface area contributed by atoms with Crippen molar-refractivity contribution in [3.63, 3.8) is 0 Å². The molecular formula is C22H29N3O5. The zero-order valence-electron chi connectivity index (χ0n) is 17.4. The van der Waals surface area contributed by atoms with Gasteiger partial charge in [-0.25, -0.2) is 9.36 Å². The topological polar surface area (TPSA) is 121 Å². The van der Waals surface area contributed by atoms with E-state index in [2.05, 4.69) is 10.3 Å². The number of aromatic amines is 1. The van der Waals surface area contributed by atoms with Crippen LogP contribution in [0.4, 0.5) is 0 Å². The van der Waals surface area contributed by atoms with Gasteiger partial charge in [0.05, 0.1) is 16.8 Å². The highest BCUT2D eigenvalue weighted by atomic mass is 16.4. The summed E-state index contributed by atoms with van der Waals surface area (Å²) >= 11 is 0. The monoisotopic (exact) mass is 415 g/mol. The van der Waals surface area contributed by atoms with E-state index >= 15 is 0 Å². The molecule has 1 aromatic carbocycles. The summed E-state index contributed by atoms with van der Waals surface area (Å²) in [6, 6.07) is 5.85. The summed E-state index contributed by atoms with van der Waals surface area (Å²) in [5, 5.41) is 12.4. The largest absolute Gasteiger partial charge is 0.481 e. The Labute approximate surface area is 174 Å². The van der Waals surface area contributed by atoms with Crippen LogP contribution in [0.3, 0.4) is 0 Å². The van der Waals surface area contributed by atoms with E-state index in [1.54, 1.807) is 24.3 Å². The third-order valence-corrected chi connectivity index (χ3v) is 5.91. The Kier molecular flexibility index (Phi) is 6.74. The van der Waals surface area contributed by atoms with Crippen LogP contribution < -0.4 is 16.6 Å². The quantitative estimate of drug-likeness (QED) is 0.641. The maximum Gasteiger partial charge on any atom is 0.329 e. The van der Waals surface area contributed by atoms with Crippen molar-refractivity contribution in [3.8, 4) is 0 Å². The lowest BCUT2D eigenvalue weighted by Gasteiger charge is -2.27. The summed E-state index contributed by atoms with van der Waals surface area (Å²) in [4.78, 5) is 52.5. The molecule has 0 spiro atoms. The summed E-state index contributed by atoms with van der Waals surface area (Å²) in [7, 11) is 0. The Hall–Kier alpha value is -2.90. The molecule has 1 saturated carbocycles. The SMILES string of the molecule is CC(C)C[C@@H](C(=O)NCC1CCC(C(=O)O)CC1)n1c(=O)[nH]c2ccccc2c1=O. The lowest BCUT2D eigenvalue weighted by Crippen LogP contribution is -2.46. The van der Waals surface area contributed by atoms with Gasteiger partial charge >= 0.3 is 11.7 Å². The summed E-state index contributed by atoms with van der Waals surface area (Å²) in [5.74, 6) is -1.11. The number of carbonyl (C=O) groups excluding carboxylic acids is 1. The van der Waals surface area contributed by atoms with Crippen molar-refractivity contribution in [3.05, 3.63) is 45.1 Å². The van der Waals surface area contributed by atoms with E-state index in [0.717, 1.165) is 17.4 Å². The molecule has 1 heterocycles. The van der Waals surface area contributed by atoms with Gasteiger partial charge in [-0.05, 0) is 56.1 Å². The lowest BCUT2D eigenvalue weighted by molar-refractivity contribution is -0.143. The number of rotatable bonds is 7. The summed E-state index contributed by atoms with van der Waals surface area (Å²) in [5.41, 5.74) is -0.624. The van der Waals surface area contributed by atoms with Gasteiger partial charge in [-0.15, -0.1) is 0 Å². The van der Waals surface area contributed by atoms with Gasteiger partial charge in [0, 0.05) is 6.54 Å². The van der Waals surface area contributed by atoms with Crippen LogP contribution in [-0.2, 0) is 9.59 Å². The van der Waals surface area contributed by atoms with Gasteiger partial charge in [0.15, 0.2) is 0 Å². The Morgan fingerprint density at radius 2 is 1.83 bits per heavy atom. The van der Waals surface area contributed by atoms with Crippen molar-refractivity contribution in [1.29, 1.82) is 0 Å². The molecule has 1 aliphatic carbocycles. The molecule has 0 saturated heterocycles. The van der Waals surface area contributed by atoms with E-state index in [1.165, 1.54) is 0 Å². The van der Waals surface area contributed by atoms with E-state index in [1.807, 2.05) is 13.8 Å². The smallest absolute Gasteiger partial charge is 0.329 e. The summed E-state index contributed by atoms with van der Waals surface area (Å²) in [6.07, 6.45) is 3.05. The molecule has 0 unspecified atom stereocenters. The van der Waals surface area contributed by atoms with Crippen LogP contribution in [0, 0.1) is 17.8 Å². The van der Waals surface area contributed by atoms with Crippen molar-refractivity contribution in [2.45, 2.75) is 52.0 Å². The number of para-hydroxylation sites is 1. The fourth-order valence-electron chi connectivity index (χ4n) is 4.21. The number of nitrogens with one attached hydrogen (secondary N) is 2. The number of aliphatic carboxylic acids is 1. The van der Waals surface area contributed by atoms with Crippen molar-refractivity contribution in [2.75, 3.05) is 6.54 Å². The van der Waals surface area contributed by atoms with Gasteiger partial charge in [-0.3, -0.25) is 14.4 Å². The zero-order valence-corrected chi connectivity index (χ0v) is 17.4. The second-order valence-corrected chi connectivity index (χ2v) is 8.60. The van der Waals surface area contributed by atoms with Gasteiger partial charge in [0.1, 0.15) is 6.04 Å². The number of hydrogen-bond donors (Lipinski definition) is 3. The minimum Gasteiger partial charge on any atom is -0.481 e. The van der Waals surface area contributed by atoms with E-state index < -0.39 is 23.3 Å². The third-order valence-electron chi connectivity index (χ3n) is 5.91. The van der Waals surface area contributed by atoms with Crippen molar-refractivity contribution in [1.82, 2.24) is 14.9 Å². The minimum absolute atomic E-state index is 0.101. The number of nitrogens with zero attached hydrogens (tertiary/aromatic N) is 1. The summed E-state index contributed by atoms with van der Waals surface area (Å²) < 4.78 is 1.03. The molecular weight excluding hydrogens is 386 g/mol. The number of fused-ring (bicyclic) bond motifs is 1. The van der Waals surface area contributed by atoms with Gasteiger partial charge in [0.2, 0.25) is 5.91 Å². The van der Waals surface area contributed by atoms with E-state index in [0.29, 0.717) is 36.7 Å². The lowest BCUT2D eigenvalue weighted by atomic mass is 9.82. The van der Waals surface area contributed by atoms with Gasteiger partial charge in [-0.1, -0.05) is 26.0 Å². The number of carbonyl (C=O) groups is 2. The predicted octanol–water partition coefficient (Wildman–Crippen LogP) is 2.28. The molecule has 1 aliphatic rings. The Bertz CT molecular complexity index is 1030. The molecule has 30 heavy (non-hydrogen) atoms. The predicted molar refractivity (Wildman–Crippen MR) is 113 cm³/mol. The highest BCUT2D eigenvalue weighted by molar-refractivity contribution is 5.81. The molecule has 1 fully saturated rings.